The molecule has 0 saturated carbocycles. The summed E-state index contributed by atoms with van der Waals surface area (Å²) in [5.74, 6) is 2.08. The third kappa shape index (κ3) is 2.59. The second kappa shape index (κ2) is 4.89. The molecule has 2 unspecified atom stereocenters. The maximum absolute atomic E-state index is 5.78. The molecule has 2 atom stereocenters. The van der Waals surface area contributed by atoms with E-state index in [9.17, 15) is 0 Å². The number of rotatable bonds is 4. The van der Waals surface area contributed by atoms with Crippen LogP contribution in [0.4, 0.5) is 0 Å². The summed E-state index contributed by atoms with van der Waals surface area (Å²) in [6.45, 7) is 16.1. The van der Waals surface area contributed by atoms with Crippen molar-refractivity contribution in [2.24, 2.45) is 23.2 Å². The highest BCUT2D eigenvalue weighted by Crippen LogP contribution is 2.48. The number of thioether (sulfide) groups is 1. The lowest BCUT2D eigenvalue weighted by Crippen LogP contribution is -2.42. The molecule has 0 aromatic rings. The molecule has 0 N–H and O–H groups in total. The molecule has 2 heteroatoms. The van der Waals surface area contributed by atoms with Crippen LogP contribution in [0.3, 0.4) is 0 Å². The van der Waals surface area contributed by atoms with Gasteiger partial charge in [-0.2, -0.15) is 11.8 Å². The normalized spacial score (nSPS) is 27.8. The minimum Gasteiger partial charge on any atom is -0.381 e. The number of ether oxygens (including phenoxy) is 1. The molecular weight excluding hydrogens is 216 g/mol. The maximum Gasteiger partial charge on any atom is 0.0511 e. The van der Waals surface area contributed by atoms with Gasteiger partial charge in [-0.1, -0.05) is 41.5 Å². The van der Waals surface area contributed by atoms with Gasteiger partial charge in [-0.3, -0.25) is 0 Å². The maximum atomic E-state index is 5.78. The lowest BCUT2D eigenvalue weighted by molar-refractivity contribution is 0.0899. The smallest absolute Gasteiger partial charge is 0.0511 e. The molecule has 1 aliphatic rings. The van der Waals surface area contributed by atoms with Gasteiger partial charge >= 0.3 is 0 Å². The van der Waals surface area contributed by atoms with Crippen LogP contribution in [0.5, 0.6) is 0 Å². The molecule has 1 rings (SSSR count). The van der Waals surface area contributed by atoms with Crippen molar-refractivity contribution in [2.75, 3.05) is 19.5 Å². The zero-order chi connectivity index (χ0) is 12.6. The highest BCUT2D eigenvalue weighted by molar-refractivity contribution is 7.99. The van der Waals surface area contributed by atoms with E-state index in [1.54, 1.807) is 0 Å². The monoisotopic (exact) mass is 244 g/mol. The Morgan fingerprint density at radius 1 is 1.06 bits per heavy atom. The summed E-state index contributed by atoms with van der Waals surface area (Å²) in [7, 11) is 0. The van der Waals surface area contributed by atoms with Crippen molar-refractivity contribution >= 4 is 11.8 Å². The van der Waals surface area contributed by atoms with E-state index in [1.165, 1.54) is 0 Å². The van der Waals surface area contributed by atoms with Gasteiger partial charge < -0.3 is 4.74 Å². The third-order valence-corrected chi connectivity index (χ3v) is 6.30. The van der Waals surface area contributed by atoms with Crippen molar-refractivity contribution in [1.82, 2.24) is 0 Å². The van der Waals surface area contributed by atoms with Gasteiger partial charge in [0, 0.05) is 10.7 Å². The molecular formula is C14H28OS. The molecule has 1 saturated heterocycles. The minimum absolute atomic E-state index is 0.327. The summed E-state index contributed by atoms with van der Waals surface area (Å²) >= 11 is 1.98. The van der Waals surface area contributed by atoms with Crippen LogP contribution in [0.1, 0.15) is 41.5 Å². The van der Waals surface area contributed by atoms with Crippen LogP contribution in [0, 0.1) is 23.2 Å². The fourth-order valence-corrected chi connectivity index (χ4v) is 3.09. The highest BCUT2D eigenvalue weighted by atomic mass is 32.2. The zero-order valence-corrected chi connectivity index (χ0v) is 12.8. The van der Waals surface area contributed by atoms with Gasteiger partial charge in [0.2, 0.25) is 0 Å². The van der Waals surface area contributed by atoms with Crippen LogP contribution in [0.25, 0.3) is 0 Å². The van der Waals surface area contributed by atoms with E-state index in [-0.39, 0.29) is 0 Å². The summed E-state index contributed by atoms with van der Waals surface area (Å²) < 4.78 is 6.11. The molecule has 0 aliphatic carbocycles. The molecule has 1 heterocycles. The van der Waals surface area contributed by atoms with Gasteiger partial charge in [0.25, 0.3) is 0 Å². The summed E-state index contributed by atoms with van der Waals surface area (Å²) in [5, 5.41) is 0. The van der Waals surface area contributed by atoms with Gasteiger partial charge in [-0.05, 0) is 23.5 Å². The second-order valence-electron chi connectivity index (χ2n) is 6.53. The van der Waals surface area contributed by atoms with Crippen molar-refractivity contribution in [3.05, 3.63) is 0 Å². The average Bonchev–Trinajstić information content (AvgIpc) is 2.66. The van der Waals surface area contributed by atoms with Gasteiger partial charge in [-0.15, -0.1) is 0 Å². The Morgan fingerprint density at radius 2 is 1.56 bits per heavy atom. The Labute approximate surface area is 106 Å². The van der Waals surface area contributed by atoms with Gasteiger partial charge in [0.05, 0.1) is 13.2 Å². The van der Waals surface area contributed by atoms with Crippen LogP contribution in [0.15, 0.2) is 0 Å². The van der Waals surface area contributed by atoms with Crippen molar-refractivity contribution in [2.45, 2.75) is 46.3 Å². The molecule has 16 heavy (non-hydrogen) atoms. The van der Waals surface area contributed by atoms with Gasteiger partial charge in [0.1, 0.15) is 0 Å². The predicted molar refractivity (Wildman–Crippen MR) is 74.0 cm³/mol. The first-order chi connectivity index (χ1) is 7.23. The largest absolute Gasteiger partial charge is 0.381 e. The fourth-order valence-electron chi connectivity index (χ4n) is 2.55. The van der Waals surface area contributed by atoms with Crippen LogP contribution in [0.2, 0.25) is 0 Å². The van der Waals surface area contributed by atoms with Crippen molar-refractivity contribution in [3.8, 4) is 0 Å². The highest BCUT2D eigenvalue weighted by Gasteiger charge is 2.47. The summed E-state index contributed by atoms with van der Waals surface area (Å²) in [4.78, 5) is 0. The molecule has 0 aromatic carbocycles. The second-order valence-corrected chi connectivity index (χ2v) is 7.99. The van der Waals surface area contributed by atoms with E-state index in [0.29, 0.717) is 27.9 Å². The summed E-state index contributed by atoms with van der Waals surface area (Å²) in [6.07, 6.45) is 2.22. The van der Waals surface area contributed by atoms with E-state index in [0.717, 1.165) is 13.2 Å². The molecule has 0 bridgehead atoms. The van der Waals surface area contributed by atoms with Crippen LogP contribution in [-0.4, -0.2) is 24.2 Å². The van der Waals surface area contributed by atoms with Crippen LogP contribution < -0.4 is 0 Å². The molecule has 1 aliphatic heterocycles. The van der Waals surface area contributed by atoms with E-state index in [2.05, 4.69) is 47.8 Å². The molecule has 0 amide bonds. The standard InChI is InChI=1S/C14H28OS/c1-10(2)13(3,4)11-8-15-9-12(11)14(5,6)16-7/h10-12H,8-9H2,1-7H3. The van der Waals surface area contributed by atoms with Crippen LogP contribution in [-0.2, 0) is 4.74 Å². The Hall–Kier alpha value is 0.310. The lowest BCUT2D eigenvalue weighted by Gasteiger charge is -2.43. The van der Waals surface area contributed by atoms with E-state index >= 15 is 0 Å². The predicted octanol–water partition coefficient (Wildman–Crippen LogP) is 4.07. The minimum atomic E-state index is 0.327. The Bertz CT molecular complexity index is 233. The summed E-state index contributed by atoms with van der Waals surface area (Å²) in [5.41, 5.74) is 0.369. The molecule has 1 nitrogen and oxygen atoms in total. The Balaban J connectivity index is 2.89. The van der Waals surface area contributed by atoms with Gasteiger partial charge in [-0.25, -0.2) is 0 Å². The van der Waals surface area contributed by atoms with E-state index in [1.807, 2.05) is 11.8 Å². The quantitative estimate of drug-likeness (QED) is 0.737. The van der Waals surface area contributed by atoms with Crippen molar-refractivity contribution < 1.29 is 4.74 Å². The molecule has 0 radical (unpaired) electrons. The zero-order valence-electron chi connectivity index (χ0n) is 12.0. The van der Waals surface area contributed by atoms with E-state index < -0.39 is 0 Å². The van der Waals surface area contributed by atoms with Crippen molar-refractivity contribution in [1.29, 1.82) is 0 Å². The van der Waals surface area contributed by atoms with Crippen LogP contribution >= 0.6 is 11.8 Å². The SMILES string of the molecule is CSC(C)(C)C1COCC1C(C)(C)C(C)C. The van der Waals surface area contributed by atoms with E-state index in [4.69, 9.17) is 4.74 Å². The Morgan fingerprint density at radius 3 is 2.00 bits per heavy atom. The third-order valence-electron chi connectivity index (χ3n) is 4.94. The molecule has 0 spiro atoms. The fraction of sp³-hybridized carbons (Fsp3) is 1.00. The average molecular weight is 244 g/mol. The van der Waals surface area contributed by atoms with Crippen molar-refractivity contribution in [3.63, 3.8) is 0 Å². The lowest BCUT2D eigenvalue weighted by atomic mass is 9.64. The number of hydrogen-bond acceptors (Lipinski definition) is 2. The molecule has 96 valence electrons. The molecule has 0 aromatic heterocycles. The Kier molecular flexibility index (Phi) is 4.40. The first kappa shape index (κ1) is 14.4. The topological polar surface area (TPSA) is 9.23 Å². The van der Waals surface area contributed by atoms with Gasteiger partial charge in [0.15, 0.2) is 0 Å². The first-order valence-electron chi connectivity index (χ1n) is 6.36. The number of hydrogen-bond donors (Lipinski definition) is 0. The molecule has 1 fully saturated rings. The first-order valence-corrected chi connectivity index (χ1v) is 7.59. The summed E-state index contributed by atoms with van der Waals surface area (Å²) in [6, 6.07) is 0.